The van der Waals surface area contributed by atoms with Gasteiger partial charge in [-0.15, -0.1) is 0 Å². The quantitative estimate of drug-likeness (QED) is 0.816. The molecule has 0 bridgehead atoms. The maximum absolute atomic E-state index is 12.8. The van der Waals surface area contributed by atoms with Crippen LogP contribution in [0.4, 0.5) is 5.69 Å². The first-order chi connectivity index (χ1) is 12.4. The average Bonchev–Trinajstić information content (AvgIpc) is 3.17. The summed E-state index contributed by atoms with van der Waals surface area (Å²) >= 11 is 6.10. The molecule has 26 heavy (non-hydrogen) atoms. The van der Waals surface area contributed by atoms with Gasteiger partial charge < -0.3 is 10.4 Å². The first-order valence-electron chi connectivity index (χ1n) is 8.22. The van der Waals surface area contributed by atoms with Gasteiger partial charge in [0.1, 0.15) is 4.90 Å². The number of amides is 1. The van der Waals surface area contributed by atoms with Crippen molar-refractivity contribution in [2.45, 2.75) is 24.3 Å². The van der Waals surface area contributed by atoms with Gasteiger partial charge in [-0.05, 0) is 48.7 Å². The minimum Gasteiger partial charge on any atom is -0.392 e. The number of hydrogen-bond acceptors (Lipinski definition) is 4. The second-order valence-electron chi connectivity index (χ2n) is 6.07. The molecule has 0 atom stereocenters. The highest BCUT2D eigenvalue weighted by Gasteiger charge is 2.29. The molecule has 1 saturated heterocycles. The number of hydrogen-bond donors (Lipinski definition) is 2. The Morgan fingerprint density at radius 2 is 1.88 bits per heavy atom. The van der Waals surface area contributed by atoms with E-state index >= 15 is 0 Å². The molecule has 0 saturated carbocycles. The van der Waals surface area contributed by atoms with E-state index in [0.29, 0.717) is 24.3 Å². The predicted molar refractivity (Wildman–Crippen MR) is 99.8 cm³/mol. The molecular weight excluding hydrogens is 376 g/mol. The zero-order valence-corrected chi connectivity index (χ0v) is 15.6. The Balaban J connectivity index is 1.88. The van der Waals surface area contributed by atoms with Gasteiger partial charge in [0.2, 0.25) is 10.0 Å². The Morgan fingerprint density at radius 1 is 1.15 bits per heavy atom. The van der Waals surface area contributed by atoms with E-state index in [-0.39, 0.29) is 22.1 Å². The van der Waals surface area contributed by atoms with Crippen molar-refractivity contribution in [3.8, 4) is 0 Å². The van der Waals surface area contributed by atoms with Gasteiger partial charge in [0.05, 0.1) is 11.6 Å². The van der Waals surface area contributed by atoms with Gasteiger partial charge >= 0.3 is 0 Å². The monoisotopic (exact) mass is 394 g/mol. The van der Waals surface area contributed by atoms with Crippen LogP contribution in [-0.2, 0) is 16.6 Å². The van der Waals surface area contributed by atoms with Gasteiger partial charge in [-0.2, -0.15) is 4.31 Å². The molecule has 1 aliphatic heterocycles. The molecular formula is C18H19ClN2O4S. The molecule has 2 aromatic rings. The summed E-state index contributed by atoms with van der Waals surface area (Å²) in [6.07, 6.45) is 1.64. The fourth-order valence-electron chi connectivity index (χ4n) is 2.86. The molecule has 1 aliphatic rings. The van der Waals surface area contributed by atoms with E-state index in [9.17, 15) is 18.3 Å². The van der Waals surface area contributed by atoms with Crippen LogP contribution < -0.4 is 5.32 Å². The summed E-state index contributed by atoms with van der Waals surface area (Å²) in [5.41, 5.74) is 1.37. The van der Waals surface area contributed by atoms with Crippen molar-refractivity contribution in [2.24, 2.45) is 0 Å². The molecule has 1 amide bonds. The molecule has 3 rings (SSSR count). The molecule has 2 aromatic carbocycles. The van der Waals surface area contributed by atoms with Crippen LogP contribution in [0.1, 0.15) is 28.8 Å². The number of benzene rings is 2. The van der Waals surface area contributed by atoms with Crippen LogP contribution in [0.25, 0.3) is 0 Å². The van der Waals surface area contributed by atoms with E-state index in [1.54, 1.807) is 24.3 Å². The smallest absolute Gasteiger partial charge is 0.255 e. The highest BCUT2D eigenvalue weighted by molar-refractivity contribution is 7.89. The molecule has 0 aliphatic carbocycles. The van der Waals surface area contributed by atoms with Gasteiger partial charge in [0.25, 0.3) is 5.91 Å². The first-order valence-corrected chi connectivity index (χ1v) is 10.0. The number of halogens is 1. The highest BCUT2D eigenvalue weighted by Crippen LogP contribution is 2.28. The van der Waals surface area contributed by atoms with Crippen LogP contribution in [0.5, 0.6) is 0 Å². The molecule has 0 unspecified atom stereocenters. The molecule has 1 fully saturated rings. The maximum Gasteiger partial charge on any atom is 0.255 e. The largest absolute Gasteiger partial charge is 0.392 e. The Labute approximate surface area is 157 Å². The van der Waals surface area contributed by atoms with Crippen molar-refractivity contribution in [1.82, 2.24) is 4.31 Å². The van der Waals surface area contributed by atoms with Crippen LogP contribution >= 0.6 is 11.6 Å². The van der Waals surface area contributed by atoms with Gasteiger partial charge in [0.15, 0.2) is 0 Å². The lowest BCUT2D eigenvalue weighted by molar-refractivity contribution is 0.102. The van der Waals surface area contributed by atoms with E-state index in [1.165, 1.54) is 22.5 Å². The zero-order chi connectivity index (χ0) is 18.7. The van der Waals surface area contributed by atoms with Gasteiger partial charge in [-0.1, -0.05) is 23.7 Å². The third-order valence-corrected chi connectivity index (χ3v) is 6.62. The first kappa shape index (κ1) is 18.8. The van der Waals surface area contributed by atoms with Crippen molar-refractivity contribution < 1.29 is 18.3 Å². The number of nitrogens with zero attached hydrogens (tertiary/aromatic N) is 1. The van der Waals surface area contributed by atoms with Gasteiger partial charge in [-0.3, -0.25) is 4.79 Å². The Hall–Kier alpha value is -1.93. The number of nitrogens with one attached hydrogen (secondary N) is 1. The fourth-order valence-corrected chi connectivity index (χ4v) is 4.88. The number of carbonyl (C=O) groups excluding carboxylic acids is 1. The van der Waals surface area contributed by atoms with Crippen LogP contribution in [-0.4, -0.2) is 36.8 Å². The summed E-state index contributed by atoms with van der Waals surface area (Å²) in [6, 6.07) is 11.0. The summed E-state index contributed by atoms with van der Waals surface area (Å²) in [6.45, 7) is 0.787. The topological polar surface area (TPSA) is 86.7 Å². The summed E-state index contributed by atoms with van der Waals surface area (Å²) in [4.78, 5) is 12.4. The molecule has 138 valence electrons. The fraction of sp³-hybridized carbons (Fsp3) is 0.278. The molecule has 2 N–H and O–H groups in total. The summed E-state index contributed by atoms with van der Waals surface area (Å²) < 4.78 is 26.9. The normalized spacial score (nSPS) is 15.2. The molecule has 0 spiro atoms. The van der Waals surface area contributed by atoms with E-state index in [4.69, 9.17) is 11.6 Å². The van der Waals surface area contributed by atoms with Crippen molar-refractivity contribution >= 4 is 33.2 Å². The second kappa shape index (κ2) is 7.75. The van der Waals surface area contributed by atoms with E-state index in [0.717, 1.165) is 12.8 Å². The molecule has 6 nitrogen and oxygen atoms in total. The Morgan fingerprint density at radius 3 is 2.58 bits per heavy atom. The van der Waals surface area contributed by atoms with E-state index in [1.807, 2.05) is 0 Å². The van der Waals surface area contributed by atoms with Crippen molar-refractivity contribution in [2.75, 3.05) is 18.4 Å². The molecule has 8 heteroatoms. The summed E-state index contributed by atoms with van der Waals surface area (Å²) in [5, 5.41) is 12.0. The van der Waals surface area contributed by atoms with Gasteiger partial charge in [-0.25, -0.2) is 8.42 Å². The van der Waals surface area contributed by atoms with Gasteiger partial charge in [0, 0.05) is 24.3 Å². The number of sulfonamides is 1. The maximum atomic E-state index is 12.8. The highest BCUT2D eigenvalue weighted by atomic mass is 35.5. The van der Waals surface area contributed by atoms with Crippen molar-refractivity contribution in [3.63, 3.8) is 0 Å². The number of rotatable bonds is 5. The third-order valence-electron chi connectivity index (χ3n) is 4.24. The molecule has 0 radical (unpaired) electrons. The molecule has 1 heterocycles. The zero-order valence-electron chi connectivity index (χ0n) is 14.0. The van der Waals surface area contributed by atoms with Crippen LogP contribution in [0.2, 0.25) is 5.02 Å². The lowest BCUT2D eigenvalue weighted by Gasteiger charge is -2.17. The lowest BCUT2D eigenvalue weighted by Crippen LogP contribution is -2.28. The van der Waals surface area contributed by atoms with Crippen LogP contribution in [0, 0.1) is 0 Å². The number of carbonyl (C=O) groups is 1. The minimum absolute atomic E-state index is 0.0576. The molecule has 0 aromatic heterocycles. The predicted octanol–water partition coefficient (Wildman–Crippen LogP) is 2.87. The summed E-state index contributed by atoms with van der Waals surface area (Å²) in [5.74, 6) is -0.449. The third kappa shape index (κ3) is 3.91. The Bertz CT molecular complexity index is 925. The number of anilines is 1. The van der Waals surface area contributed by atoms with Crippen molar-refractivity contribution in [3.05, 3.63) is 58.6 Å². The van der Waals surface area contributed by atoms with E-state index < -0.39 is 15.9 Å². The number of aliphatic hydroxyl groups excluding tert-OH is 1. The SMILES string of the molecule is O=C(Nc1cccc(CO)c1)c1ccc(Cl)c(S(=O)(=O)N2CCCC2)c1. The minimum atomic E-state index is -3.72. The summed E-state index contributed by atoms with van der Waals surface area (Å²) in [7, 11) is -3.72. The second-order valence-corrected chi connectivity index (χ2v) is 8.38. The van der Waals surface area contributed by atoms with E-state index in [2.05, 4.69) is 5.32 Å². The van der Waals surface area contributed by atoms with Crippen LogP contribution in [0.15, 0.2) is 47.4 Å². The average molecular weight is 395 g/mol. The van der Waals surface area contributed by atoms with Crippen LogP contribution in [0.3, 0.4) is 0 Å². The lowest BCUT2D eigenvalue weighted by atomic mass is 10.2. The number of aliphatic hydroxyl groups is 1. The van der Waals surface area contributed by atoms with Crippen molar-refractivity contribution in [1.29, 1.82) is 0 Å². The standard InChI is InChI=1S/C18H19ClN2O4S/c19-16-7-6-14(11-17(16)26(24,25)21-8-1-2-9-21)18(23)20-15-5-3-4-13(10-15)12-22/h3-7,10-11,22H,1-2,8-9,12H2,(H,20,23). The Kier molecular flexibility index (Phi) is 5.62.